The maximum absolute atomic E-state index is 12.4. The molecule has 0 heterocycles. The standard InChI is InChI=1S/C19H23NO3/c1-5-14-6-8-15(9-7-14)13(2)20-19(21)16-10-11-17(22-3)18(12-16)23-4/h6-13H,5H2,1-4H3,(H,20,21)/t13-/m1/s1. The van der Waals surface area contributed by atoms with Gasteiger partial charge in [-0.25, -0.2) is 0 Å². The maximum atomic E-state index is 12.4. The van der Waals surface area contributed by atoms with Crippen LogP contribution in [0.3, 0.4) is 0 Å². The third-order valence-electron chi connectivity index (χ3n) is 3.88. The van der Waals surface area contributed by atoms with Gasteiger partial charge < -0.3 is 14.8 Å². The summed E-state index contributed by atoms with van der Waals surface area (Å²) < 4.78 is 10.4. The van der Waals surface area contributed by atoms with Crippen molar-refractivity contribution in [2.75, 3.05) is 14.2 Å². The van der Waals surface area contributed by atoms with Gasteiger partial charge >= 0.3 is 0 Å². The Labute approximate surface area is 137 Å². The Morgan fingerprint density at radius 2 is 1.70 bits per heavy atom. The van der Waals surface area contributed by atoms with Gasteiger partial charge in [0.15, 0.2) is 11.5 Å². The van der Waals surface area contributed by atoms with E-state index in [1.54, 1.807) is 32.4 Å². The highest BCUT2D eigenvalue weighted by atomic mass is 16.5. The molecule has 1 amide bonds. The van der Waals surface area contributed by atoms with Gasteiger partial charge in [0.05, 0.1) is 20.3 Å². The monoisotopic (exact) mass is 313 g/mol. The van der Waals surface area contributed by atoms with Crippen molar-refractivity contribution in [1.82, 2.24) is 5.32 Å². The average Bonchev–Trinajstić information content (AvgIpc) is 2.60. The molecule has 1 N–H and O–H groups in total. The molecule has 1 atom stereocenters. The maximum Gasteiger partial charge on any atom is 0.251 e. The lowest BCUT2D eigenvalue weighted by atomic mass is 10.0. The van der Waals surface area contributed by atoms with Crippen LogP contribution in [0.5, 0.6) is 11.5 Å². The second-order valence-electron chi connectivity index (χ2n) is 5.36. The number of amides is 1. The van der Waals surface area contributed by atoms with Crippen LogP contribution in [-0.2, 0) is 6.42 Å². The zero-order chi connectivity index (χ0) is 16.8. The van der Waals surface area contributed by atoms with Crippen molar-refractivity contribution in [3.8, 4) is 11.5 Å². The van der Waals surface area contributed by atoms with Gasteiger partial charge in [0, 0.05) is 5.56 Å². The summed E-state index contributed by atoms with van der Waals surface area (Å²) in [6.07, 6.45) is 1.01. The summed E-state index contributed by atoms with van der Waals surface area (Å²) in [6.45, 7) is 4.09. The van der Waals surface area contributed by atoms with Crippen LogP contribution in [0.1, 0.15) is 41.4 Å². The highest BCUT2D eigenvalue weighted by molar-refractivity contribution is 5.95. The summed E-state index contributed by atoms with van der Waals surface area (Å²) in [4.78, 5) is 12.4. The number of carbonyl (C=O) groups is 1. The van der Waals surface area contributed by atoms with Crippen LogP contribution < -0.4 is 14.8 Å². The Bertz CT molecular complexity index is 665. The highest BCUT2D eigenvalue weighted by Gasteiger charge is 2.14. The van der Waals surface area contributed by atoms with E-state index in [2.05, 4.69) is 36.5 Å². The van der Waals surface area contributed by atoms with E-state index in [1.165, 1.54) is 5.56 Å². The van der Waals surface area contributed by atoms with Crippen LogP contribution in [0.15, 0.2) is 42.5 Å². The summed E-state index contributed by atoms with van der Waals surface area (Å²) in [5.74, 6) is 1.00. The first-order valence-electron chi connectivity index (χ1n) is 7.70. The fraction of sp³-hybridized carbons (Fsp3) is 0.316. The van der Waals surface area contributed by atoms with Crippen molar-refractivity contribution in [2.45, 2.75) is 26.3 Å². The van der Waals surface area contributed by atoms with Crippen LogP contribution in [0.4, 0.5) is 0 Å². The lowest BCUT2D eigenvalue weighted by Crippen LogP contribution is -2.26. The van der Waals surface area contributed by atoms with Crippen LogP contribution in [0, 0.1) is 0 Å². The lowest BCUT2D eigenvalue weighted by molar-refractivity contribution is 0.0939. The van der Waals surface area contributed by atoms with Crippen molar-refractivity contribution in [1.29, 1.82) is 0 Å². The van der Waals surface area contributed by atoms with E-state index in [-0.39, 0.29) is 11.9 Å². The molecule has 0 radical (unpaired) electrons. The predicted octanol–water partition coefficient (Wildman–Crippen LogP) is 3.76. The van der Waals surface area contributed by atoms with Crippen LogP contribution >= 0.6 is 0 Å². The molecular weight excluding hydrogens is 290 g/mol. The summed E-state index contributed by atoms with van der Waals surface area (Å²) in [5.41, 5.74) is 2.91. The minimum absolute atomic E-state index is 0.0681. The molecule has 0 saturated carbocycles. The Morgan fingerprint density at radius 3 is 2.26 bits per heavy atom. The van der Waals surface area contributed by atoms with Gasteiger partial charge in [-0.2, -0.15) is 0 Å². The zero-order valence-electron chi connectivity index (χ0n) is 14.1. The van der Waals surface area contributed by atoms with Crippen LogP contribution in [0.25, 0.3) is 0 Å². The fourth-order valence-electron chi connectivity index (χ4n) is 2.38. The fourth-order valence-corrected chi connectivity index (χ4v) is 2.38. The number of benzene rings is 2. The van der Waals surface area contributed by atoms with Gasteiger partial charge in [-0.15, -0.1) is 0 Å². The number of rotatable bonds is 6. The first-order valence-corrected chi connectivity index (χ1v) is 7.70. The molecule has 2 aromatic carbocycles. The molecule has 23 heavy (non-hydrogen) atoms. The molecule has 2 rings (SSSR count). The van der Waals surface area contributed by atoms with Gasteiger partial charge in [0.1, 0.15) is 0 Å². The van der Waals surface area contributed by atoms with E-state index in [0.717, 1.165) is 12.0 Å². The first-order chi connectivity index (χ1) is 11.1. The van der Waals surface area contributed by atoms with E-state index in [9.17, 15) is 4.79 Å². The van der Waals surface area contributed by atoms with E-state index in [0.29, 0.717) is 17.1 Å². The van der Waals surface area contributed by atoms with E-state index in [4.69, 9.17) is 9.47 Å². The molecular formula is C19H23NO3. The minimum Gasteiger partial charge on any atom is -0.493 e. The third kappa shape index (κ3) is 4.03. The molecule has 0 saturated heterocycles. The smallest absolute Gasteiger partial charge is 0.251 e. The molecule has 0 aliphatic carbocycles. The molecule has 0 spiro atoms. The topological polar surface area (TPSA) is 47.6 Å². The van der Waals surface area contributed by atoms with E-state index in [1.807, 2.05) is 6.92 Å². The molecule has 0 aliphatic rings. The Hall–Kier alpha value is -2.49. The Kier molecular flexibility index (Phi) is 5.63. The van der Waals surface area contributed by atoms with Crippen molar-refractivity contribution in [2.24, 2.45) is 0 Å². The van der Waals surface area contributed by atoms with Gasteiger partial charge in [-0.1, -0.05) is 31.2 Å². The summed E-state index contributed by atoms with van der Waals surface area (Å²) in [5, 5.41) is 3.00. The van der Waals surface area contributed by atoms with E-state index < -0.39 is 0 Å². The highest BCUT2D eigenvalue weighted by Crippen LogP contribution is 2.27. The zero-order valence-corrected chi connectivity index (χ0v) is 14.1. The number of methoxy groups -OCH3 is 2. The minimum atomic E-state index is -0.141. The summed E-state index contributed by atoms with van der Waals surface area (Å²) in [6, 6.07) is 13.4. The second kappa shape index (κ2) is 7.68. The molecule has 0 fully saturated rings. The van der Waals surface area contributed by atoms with Gasteiger partial charge in [0.25, 0.3) is 5.91 Å². The predicted molar refractivity (Wildman–Crippen MR) is 91.2 cm³/mol. The first kappa shape index (κ1) is 16.9. The molecule has 2 aromatic rings. The Balaban J connectivity index is 2.11. The molecule has 0 bridgehead atoms. The number of carbonyl (C=O) groups excluding carboxylic acids is 1. The number of hydrogen-bond donors (Lipinski definition) is 1. The van der Waals surface area contributed by atoms with Crippen molar-refractivity contribution < 1.29 is 14.3 Å². The molecule has 122 valence electrons. The van der Waals surface area contributed by atoms with Crippen LogP contribution in [-0.4, -0.2) is 20.1 Å². The number of aryl methyl sites for hydroxylation is 1. The van der Waals surface area contributed by atoms with Gasteiger partial charge in [-0.05, 0) is 42.7 Å². The largest absolute Gasteiger partial charge is 0.493 e. The van der Waals surface area contributed by atoms with Crippen molar-refractivity contribution >= 4 is 5.91 Å². The van der Waals surface area contributed by atoms with E-state index >= 15 is 0 Å². The Morgan fingerprint density at radius 1 is 1.04 bits per heavy atom. The lowest BCUT2D eigenvalue weighted by Gasteiger charge is -2.16. The molecule has 0 unspecified atom stereocenters. The normalized spacial score (nSPS) is 11.7. The summed E-state index contributed by atoms with van der Waals surface area (Å²) in [7, 11) is 3.12. The van der Waals surface area contributed by atoms with Crippen LogP contribution in [0.2, 0.25) is 0 Å². The van der Waals surface area contributed by atoms with Crippen molar-refractivity contribution in [3.63, 3.8) is 0 Å². The third-order valence-corrected chi connectivity index (χ3v) is 3.88. The van der Waals surface area contributed by atoms with Gasteiger partial charge in [-0.3, -0.25) is 4.79 Å². The number of ether oxygens (including phenoxy) is 2. The van der Waals surface area contributed by atoms with Gasteiger partial charge in [0.2, 0.25) is 0 Å². The number of hydrogen-bond acceptors (Lipinski definition) is 3. The molecule has 4 heteroatoms. The quantitative estimate of drug-likeness (QED) is 0.883. The average molecular weight is 313 g/mol. The van der Waals surface area contributed by atoms with Crippen molar-refractivity contribution in [3.05, 3.63) is 59.2 Å². The SMILES string of the molecule is CCc1ccc([C@@H](C)NC(=O)c2ccc(OC)c(OC)c2)cc1. The number of nitrogens with one attached hydrogen (secondary N) is 1. The summed E-state index contributed by atoms with van der Waals surface area (Å²) >= 11 is 0. The molecule has 4 nitrogen and oxygen atoms in total. The molecule has 0 aromatic heterocycles. The second-order valence-corrected chi connectivity index (χ2v) is 5.36. The molecule has 0 aliphatic heterocycles.